The van der Waals surface area contributed by atoms with Crippen LogP contribution in [0.2, 0.25) is 0 Å². The number of hydrogen-bond donors (Lipinski definition) is 0. The second kappa shape index (κ2) is 17.0. The van der Waals surface area contributed by atoms with Crippen LogP contribution in [0.1, 0.15) is 22.3 Å². The highest BCUT2D eigenvalue weighted by Gasteiger charge is 2.21. The predicted molar refractivity (Wildman–Crippen MR) is 122 cm³/mol. The van der Waals surface area contributed by atoms with Crippen molar-refractivity contribution in [3.05, 3.63) is 22.3 Å². The van der Waals surface area contributed by atoms with Crippen molar-refractivity contribution in [3.8, 4) is 11.5 Å². The average molecular weight is 473 g/mol. The van der Waals surface area contributed by atoms with Crippen molar-refractivity contribution in [2.24, 2.45) is 0 Å². The molecule has 1 aliphatic rings. The lowest BCUT2D eigenvalue weighted by Crippen LogP contribution is -2.15. The molecule has 2 rings (SSSR count). The summed E-state index contributed by atoms with van der Waals surface area (Å²) in [5.74, 6) is 1.59. The van der Waals surface area contributed by atoms with Gasteiger partial charge < -0.3 is 42.6 Å². The summed E-state index contributed by atoms with van der Waals surface area (Å²) in [7, 11) is 3.34. The summed E-state index contributed by atoms with van der Waals surface area (Å²) < 4.78 is 50.8. The fraction of sp³-hybridized carbons (Fsp3) is 0.750. The van der Waals surface area contributed by atoms with Crippen LogP contribution < -0.4 is 9.47 Å². The second-order valence-corrected chi connectivity index (χ2v) is 7.44. The number of ether oxygens (including phenoxy) is 9. The zero-order valence-corrected chi connectivity index (χ0v) is 20.6. The highest BCUT2D eigenvalue weighted by molar-refractivity contribution is 5.58. The van der Waals surface area contributed by atoms with Gasteiger partial charge >= 0.3 is 0 Å². The van der Waals surface area contributed by atoms with Crippen molar-refractivity contribution in [2.75, 3.05) is 93.5 Å². The Morgan fingerprint density at radius 2 is 0.697 bits per heavy atom. The van der Waals surface area contributed by atoms with Crippen molar-refractivity contribution in [1.29, 1.82) is 0 Å². The van der Waals surface area contributed by atoms with Gasteiger partial charge in [-0.25, -0.2) is 0 Å². The van der Waals surface area contributed by atoms with E-state index in [9.17, 15) is 0 Å². The van der Waals surface area contributed by atoms with E-state index < -0.39 is 0 Å². The molecular formula is C24H40O9. The molecule has 0 amide bonds. The van der Waals surface area contributed by atoms with Gasteiger partial charge in [0.25, 0.3) is 0 Å². The lowest BCUT2D eigenvalue weighted by Gasteiger charge is -2.22. The van der Waals surface area contributed by atoms with Crippen LogP contribution in [-0.2, 0) is 46.4 Å². The van der Waals surface area contributed by atoms with Gasteiger partial charge in [-0.15, -0.1) is 0 Å². The van der Waals surface area contributed by atoms with Crippen molar-refractivity contribution in [3.63, 3.8) is 0 Å². The Morgan fingerprint density at radius 3 is 0.970 bits per heavy atom. The molecule has 0 spiro atoms. The zero-order valence-electron chi connectivity index (χ0n) is 20.6. The molecule has 1 heterocycles. The molecule has 2 bridgehead atoms. The van der Waals surface area contributed by atoms with Gasteiger partial charge in [0.2, 0.25) is 0 Å². The summed E-state index contributed by atoms with van der Waals surface area (Å²) in [5.41, 5.74) is 3.89. The van der Waals surface area contributed by atoms with Gasteiger partial charge in [0.15, 0.2) is 0 Å². The van der Waals surface area contributed by atoms with Gasteiger partial charge in [0.05, 0.1) is 107 Å². The van der Waals surface area contributed by atoms with E-state index in [-0.39, 0.29) is 0 Å². The summed E-state index contributed by atoms with van der Waals surface area (Å²) in [4.78, 5) is 0. The van der Waals surface area contributed by atoms with Gasteiger partial charge in [0, 0.05) is 22.3 Å². The molecule has 0 unspecified atom stereocenters. The Balaban J connectivity index is 2.01. The number of rotatable bonds is 2. The number of benzene rings is 1. The van der Waals surface area contributed by atoms with E-state index in [2.05, 4.69) is 0 Å². The maximum Gasteiger partial charge on any atom is 0.130 e. The van der Waals surface area contributed by atoms with Crippen molar-refractivity contribution < 1.29 is 42.6 Å². The van der Waals surface area contributed by atoms with E-state index in [4.69, 9.17) is 42.6 Å². The molecular weight excluding hydrogens is 432 g/mol. The molecule has 1 aromatic carbocycles. The molecule has 33 heavy (non-hydrogen) atoms. The van der Waals surface area contributed by atoms with E-state index >= 15 is 0 Å². The maximum absolute atomic E-state index is 5.88. The topological polar surface area (TPSA) is 83.1 Å². The van der Waals surface area contributed by atoms with Crippen LogP contribution in [0.5, 0.6) is 11.5 Å². The Morgan fingerprint density at radius 1 is 0.424 bits per heavy atom. The lowest BCUT2D eigenvalue weighted by molar-refractivity contribution is -0.0223. The van der Waals surface area contributed by atoms with E-state index in [1.165, 1.54) is 0 Å². The Kier molecular flexibility index (Phi) is 14.4. The molecule has 0 radical (unpaired) electrons. The van der Waals surface area contributed by atoms with E-state index in [1.807, 2.05) is 13.8 Å². The van der Waals surface area contributed by atoms with Crippen LogP contribution in [0.4, 0.5) is 0 Å². The number of methoxy groups -OCH3 is 2. The van der Waals surface area contributed by atoms with Crippen molar-refractivity contribution in [2.45, 2.75) is 27.1 Å². The molecule has 0 fully saturated rings. The highest BCUT2D eigenvalue weighted by Crippen LogP contribution is 2.39. The summed E-state index contributed by atoms with van der Waals surface area (Å²) in [6.07, 6.45) is 0. The van der Waals surface area contributed by atoms with Crippen LogP contribution in [0.3, 0.4) is 0 Å². The van der Waals surface area contributed by atoms with Gasteiger partial charge in [-0.1, -0.05) is 0 Å². The van der Waals surface area contributed by atoms with Gasteiger partial charge in [-0.3, -0.25) is 0 Å². The van der Waals surface area contributed by atoms with Crippen LogP contribution in [-0.4, -0.2) is 93.5 Å². The minimum Gasteiger partial charge on any atom is -0.496 e. The highest BCUT2D eigenvalue weighted by atomic mass is 16.6. The van der Waals surface area contributed by atoms with Crippen LogP contribution in [0.25, 0.3) is 0 Å². The zero-order chi connectivity index (χ0) is 23.7. The maximum atomic E-state index is 5.88. The molecule has 9 heteroatoms. The van der Waals surface area contributed by atoms with Crippen LogP contribution >= 0.6 is 0 Å². The Bertz CT molecular complexity index is 617. The number of hydrogen-bond acceptors (Lipinski definition) is 9. The lowest BCUT2D eigenvalue weighted by atomic mass is 9.97. The molecule has 0 atom stereocenters. The van der Waals surface area contributed by atoms with E-state index in [0.717, 1.165) is 33.8 Å². The molecule has 0 aromatic heterocycles. The average Bonchev–Trinajstić information content (AvgIpc) is 2.81. The molecule has 0 N–H and O–H groups in total. The minimum absolute atomic E-state index is 0.388. The quantitative estimate of drug-likeness (QED) is 0.644. The minimum atomic E-state index is 0.388. The largest absolute Gasteiger partial charge is 0.496 e. The molecule has 1 aliphatic heterocycles. The van der Waals surface area contributed by atoms with Crippen LogP contribution in [0.15, 0.2) is 0 Å². The molecule has 0 saturated heterocycles. The first-order valence-electron chi connectivity index (χ1n) is 11.5. The smallest absolute Gasteiger partial charge is 0.130 e. The second-order valence-electron chi connectivity index (χ2n) is 7.44. The van der Waals surface area contributed by atoms with Crippen molar-refractivity contribution >= 4 is 0 Å². The SMILES string of the molecule is COc1c(C)c2c(OC)c(c1C)COCCOCCOCCOCCOCCOCCOC2. The van der Waals surface area contributed by atoms with E-state index in [0.29, 0.717) is 92.5 Å². The summed E-state index contributed by atoms with van der Waals surface area (Å²) in [5, 5.41) is 0. The molecule has 1 aromatic rings. The fourth-order valence-corrected chi connectivity index (χ4v) is 3.54. The van der Waals surface area contributed by atoms with E-state index in [1.54, 1.807) is 14.2 Å². The van der Waals surface area contributed by atoms with Crippen molar-refractivity contribution in [1.82, 2.24) is 0 Å². The monoisotopic (exact) mass is 472 g/mol. The predicted octanol–water partition coefficient (Wildman–Crippen LogP) is 2.45. The van der Waals surface area contributed by atoms with Crippen LogP contribution in [0, 0.1) is 13.8 Å². The summed E-state index contributed by atoms with van der Waals surface area (Å²) in [6, 6.07) is 0. The van der Waals surface area contributed by atoms with Gasteiger partial charge in [-0.2, -0.15) is 0 Å². The molecule has 190 valence electrons. The molecule has 0 aliphatic carbocycles. The normalized spacial score (nSPS) is 19.4. The third-order valence-electron chi connectivity index (χ3n) is 5.27. The summed E-state index contributed by atoms with van der Waals surface area (Å²) >= 11 is 0. The van der Waals surface area contributed by atoms with Gasteiger partial charge in [0.1, 0.15) is 11.5 Å². The Hall–Kier alpha value is -1.46. The fourth-order valence-electron chi connectivity index (χ4n) is 3.54. The summed E-state index contributed by atoms with van der Waals surface area (Å²) in [6.45, 7) is 10.9. The van der Waals surface area contributed by atoms with Gasteiger partial charge in [-0.05, 0) is 13.8 Å². The third-order valence-corrected chi connectivity index (χ3v) is 5.27. The standard InChI is InChI=1S/C24H40O9/c1-19-21-17-32-15-13-30-11-9-28-7-5-27-6-8-29-10-12-31-14-16-33-18-22(24(21)26-4)20(2)23(19)25-3/h5-18H2,1-4H3. The first-order chi connectivity index (χ1) is 16.2. The first-order valence-corrected chi connectivity index (χ1v) is 11.5. The number of fused-ring (bicyclic) bond motifs is 2. The third kappa shape index (κ3) is 9.74. The first kappa shape index (κ1) is 27.8. The molecule has 0 saturated carbocycles. The molecule has 9 nitrogen and oxygen atoms in total. The Labute approximate surface area is 197 Å².